The van der Waals surface area contributed by atoms with Gasteiger partial charge in [0.25, 0.3) is 0 Å². The van der Waals surface area contributed by atoms with Crippen molar-refractivity contribution in [2.45, 2.75) is 71.4 Å². The van der Waals surface area contributed by atoms with Crippen molar-refractivity contribution in [2.75, 3.05) is 28.9 Å². The molecule has 2 N–H and O–H groups in total. The highest BCUT2D eigenvalue weighted by Crippen LogP contribution is 2.39. The lowest BCUT2D eigenvalue weighted by atomic mass is 10.0. The van der Waals surface area contributed by atoms with Crippen molar-refractivity contribution >= 4 is 38.5 Å². The Morgan fingerprint density at radius 1 is 1.00 bits per heavy atom. The van der Waals surface area contributed by atoms with Gasteiger partial charge in [-0.15, -0.1) is 0 Å². The second-order valence-corrected chi connectivity index (χ2v) is 15.2. The van der Waals surface area contributed by atoms with Crippen LogP contribution in [0, 0.1) is 12.8 Å². The van der Waals surface area contributed by atoms with Gasteiger partial charge in [0.15, 0.2) is 0 Å². The van der Waals surface area contributed by atoms with E-state index in [2.05, 4.69) is 20.0 Å². The van der Waals surface area contributed by atoms with Gasteiger partial charge in [-0.2, -0.15) is 0 Å². The molecule has 1 saturated carbocycles. The molecular formula is C35H42N6O5S. The maximum atomic E-state index is 12.9. The van der Waals surface area contributed by atoms with E-state index in [-0.39, 0.29) is 17.9 Å². The molecule has 2 fully saturated rings. The Morgan fingerprint density at radius 3 is 2.62 bits per heavy atom. The quantitative estimate of drug-likeness (QED) is 0.182. The Kier molecular flexibility index (Phi) is 9.23. The summed E-state index contributed by atoms with van der Waals surface area (Å²) in [5, 5.41) is 4.90. The fraction of sp³-hybridized carbons (Fsp3) is 0.429. The number of hydrogen-bond acceptors (Lipinski definition) is 9. The molecule has 1 amide bonds. The molecule has 1 aliphatic heterocycles. The number of piperidine rings is 1. The molecule has 1 unspecified atom stereocenters. The third kappa shape index (κ3) is 8.29. The van der Waals surface area contributed by atoms with Crippen molar-refractivity contribution < 1.29 is 22.7 Å². The van der Waals surface area contributed by atoms with Crippen LogP contribution >= 0.6 is 0 Å². The first-order chi connectivity index (χ1) is 22.4. The smallest absolute Gasteiger partial charge is 0.410 e. The Labute approximate surface area is 276 Å². The second-order valence-electron chi connectivity index (χ2n) is 13.4. The molecule has 2 aromatic heterocycles. The molecule has 3 heterocycles. The molecule has 0 spiro atoms. The summed E-state index contributed by atoms with van der Waals surface area (Å²) in [6, 6.07) is 14.8. The monoisotopic (exact) mass is 658 g/mol. The van der Waals surface area contributed by atoms with Crippen molar-refractivity contribution in [1.82, 2.24) is 19.9 Å². The van der Waals surface area contributed by atoms with Crippen molar-refractivity contribution in [3.8, 4) is 22.9 Å². The molecule has 2 aromatic carbocycles. The standard InChI is InChI=1S/C35H42N6O5S/c1-23-12-15-26-27(9-5-11-30(26)40-47(43,44)21-17-24-13-14-24)31(23)45-32-28(10-6-18-36-32)29-16-19-37-33(39-29)38-25-8-7-20-41(22-25)34(42)46-35(2,3)4/h5-6,9-12,15-16,18-19,24-25,40H,7-8,13-14,17,20-22H2,1-4H3,(H,37,38,39). The van der Waals surface area contributed by atoms with E-state index >= 15 is 0 Å². The lowest BCUT2D eigenvalue weighted by Gasteiger charge is -2.34. The van der Waals surface area contributed by atoms with Gasteiger partial charge in [-0.05, 0) is 82.7 Å². The second kappa shape index (κ2) is 13.3. The maximum Gasteiger partial charge on any atom is 0.410 e. The van der Waals surface area contributed by atoms with Gasteiger partial charge in [-0.1, -0.05) is 37.1 Å². The van der Waals surface area contributed by atoms with E-state index in [1.54, 1.807) is 29.4 Å². The number of nitrogens with zero attached hydrogens (tertiary/aromatic N) is 4. The zero-order valence-corrected chi connectivity index (χ0v) is 28.1. The van der Waals surface area contributed by atoms with Crippen molar-refractivity contribution in [3.05, 3.63) is 66.5 Å². The molecule has 12 heteroatoms. The summed E-state index contributed by atoms with van der Waals surface area (Å²) in [4.78, 5) is 28.2. The molecule has 1 saturated heterocycles. The number of amides is 1. The molecule has 6 rings (SSSR count). The molecule has 11 nitrogen and oxygen atoms in total. The summed E-state index contributed by atoms with van der Waals surface area (Å²) >= 11 is 0. The third-order valence-electron chi connectivity index (χ3n) is 8.27. The highest BCUT2D eigenvalue weighted by molar-refractivity contribution is 7.92. The van der Waals surface area contributed by atoms with E-state index in [9.17, 15) is 13.2 Å². The Balaban J connectivity index is 1.22. The number of rotatable bonds is 10. The van der Waals surface area contributed by atoms with Crippen LogP contribution in [0.3, 0.4) is 0 Å². The number of carbonyl (C=O) groups excluding carboxylic acids is 1. The van der Waals surface area contributed by atoms with Crippen LogP contribution in [-0.4, -0.2) is 64.8 Å². The van der Waals surface area contributed by atoms with Crippen LogP contribution in [-0.2, 0) is 14.8 Å². The van der Waals surface area contributed by atoms with E-state index < -0.39 is 15.6 Å². The van der Waals surface area contributed by atoms with Crippen LogP contribution in [0.2, 0.25) is 0 Å². The number of pyridine rings is 1. The minimum absolute atomic E-state index is 0.0326. The summed E-state index contributed by atoms with van der Waals surface area (Å²) in [6.07, 6.45) is 7.63. The topological polar surface area (TPSA) is 136 Å². The molecule has 2 aliphatic rings. The predicted molar refractivity (Wildman–Crippen MR) is 183 cm³/mol. The molecular weight excluding hydrogens is 616 g/mol. The first-order valence-corrected chi connectivity index (χ1v) is 17.8. The molecule has 0 radical (unpaired) electrons. The fourth-order valence-corrected chi connectivity index (χ4v) is 6.98. The van der Waals surface area contributed by atoms with Gasteiger partial charge in [0, 0.05) is 42.3 Å². The number of anilines is 2. The normalized spacial score (nSPS) is 16.9. The average molecular weight is 659 g/mol. The zero-order valence-electron chi connectivity index (χ0n) is 27.3. The van der Waals surface area contributed by atoms with E-state index in [1.165, 1.54) is 0 Å². The Bertz CT molecular complexity index is 1870. The third-order valence-corrected chi connectivity index (χ3v) is 9.58. The summed E-state index contributed by atoms with van der Waals surface area (Å²) in [5.74, 6) is 2.01. The van der Waals surface area contributed by atoms with Crippen LogP contribution in [0.4, 0.5) is 16.4 Å². The minimum Gasteiger partial charge on any atom is -0.444 e. The SMILES string of the molecule is Cc1ccc2c(NS(=O)(=O)CCC3CC3)cccc2c1Oc1ncccc1-c1ccnc(NC2CCCN(C(=O)OC(C)(C)C)C2)n1. The number of nitrogens with one attached hydrogen (secondary N) is 2. The summed E-state index contributed by atoms with van der Waals surface area (Å²) in [5.41, 5.74) is 2.12. The van der Waals surface area contributed by atoms with Gasteiger partial charge >= 0.3 is 6.09 Å². The summed E-state index contributed by atoms with van der Waals surface area (Å²) in [6.45, 7) is 8.66. The van der Waals surface area contributed by atoms with Gasteiger partial charge in [0.2, 0.25) is 21.9 Å². The highest BCUT2D eigenvalue weighted by Gasteiger charge is 2.28. The number of ether oxygens (including phenoxy) is 2. The molecule has 47 heavy (non-hydrogen) atoms. The molecule has 1 atom stereocenters. The number of carbonyl (C=O) groups is 1. The molecule has 4 aromatic rings. The van der Waals surface area contributed by atoms with Crippen LogP contribution in [0.25, 0.3) is 22.0 Å². The van der Waals surface area contributed by atoms with E-state index in [0.29, 0.717) is 60.0 Å². The number of hydrogen-bond donors (Lipinski definition) is 2. The van der Waals surface area contributed by atoms with Gasteiger partial charge in [-0.3, -0.25) is 4.72 Å². The van der Waals surface area contributed by atoms with Gasteiger partial charge in [0.05, 0.1) is 22.7 Å². The average Bonchev–Trinajstić information content (AvgIpc) is 3.86. The van der Waals surface area contributed by atoms with Crippen molar-refractivity contribution in [3.63, 3.8) is 0 Å². The number of aromatic nitrogens is 3. The van der Waals surface area contributed by atoms with Crippen LogP contribution < -0.4 is 14.8 Å². The fourth-order valence-electron chi connectivity index (χ4n) is 5.72. The number of likely N-dealkylation sites (tertiary alicyclic amines) is 1. The van der Waals surface area contributed by atoms with Crippen LogP contribution in [0.1, 0.15) is 58.4 Å². The van der Waals surface area contributed by atoms with E-state index in [0.717, 1.165) is 42.0 Å². The largest absolute Gasteiger partial charge is 0.444 e. The Hall–Kier alpha value is -4.45. The molecule has 1 aliphatic carbocycles. The van der Waals surface area contributed by atoms with Gasteiger partial charge in [-0.25, -0.2) is 28.2 Å². The number of fused-ring (bicyclic) bond motifs is 1. The number of aryl methyl sites for hydroxylation is 1. The van der Waals surface area contributed by atoms with Gasteiger partial charge < -0.3 is 19.7 Å². The van der Waals surface area contributed by atoms with Crippen molar-refractivity contribution in [2.24, 2.45) is 5.92 Å². The first kappa shape index (κ1) is 32.5. The molecule has 0 bridgehead atoms. The van der Waals surface area contributed by atoms with Crippen LogP contribution in [0.5, 0.6) is 11.6 Å². The van der Waals surface area contributed by atoms with Crippen molar-refractivity contribution in [1.29, 1.82) is 0 Å². The summed E-state index contributed by atoms with van der Waals surface area (Å²) in [7, 11) is -3.48. The van der Waals surface area contributed by atoms with Gasteiger partial charge in [0.1, 0.15) is 11.4 Å². The zero-order chi connectivity index (χ0) is 33.2. The summed E-state index contributed by atoms with van der Waals surface area (Å²) < 4.78 is 40.6. The maximum absolute atomic E-state index is 12.9. The van der Waals surface area contributed by atoms with Crippen LogP contribution in [0.15, 0.2) is 60.9 Å². The lowest BCUT2D eigenvalue weighted by Crippen LogP contribution is -2.47. The van der Waals surface area contributed by atoms with E-state index in [4.69, 9.17) is 14.5 Å². The van der Waals surface area contributed by atoms with E-state index in [1.807, 2.05) is 64.1 Å². The number of sulfonamides is 1. The highest BCUT2D eigenvalue weighted by atomic mass is 32.2. The first-order valence-electron chi connectivity index (χ1n) is 16.2. The number of benzene rings is 2. The Morgan fingerprint density at radius 2 is 1.83 bits per heavy atom. The predicted octanol–water partition coefficient (Wildman–Crippen LogP) is 7.15. The lowest BCUT2D eigenvalue weighted by molar-refractivity contribution is 0.0206. The minimum atomic E-state index is -3.48. The molecule has 248 valence electrons.